The quantitative estimate of drug-likeness (QED) is 0.763. The van der Waals surface area contributed by atoms with E-state index in [9.17, 15) is 0 Å². The molecule has 1 aromatic rings. The Balaban J connectivity index is 2.57. The Labute approximate surface area is 93.9 Å². The maximum absolute atomic E-state index is 3.54. The van der Waals surface area contributed by atoms with Gasteiger partial charge in [0.05, 0.1) is 0 Å². The third-order valence-electron chi connectivity index (χ3n) is 3.25. The second kappa shape index (κ2) is 5.79. The van der Waals surface area contributed by atoms with Crippen molar-refractivity contribution in [3.05, 3.63) is 29.8 Å². The molecule has 0 aromatic heterocycles. The van der Waals surface area contributed by atoms with Crippen LogP contribution in [-0.2, 0) is 6.42 Å². The number of anilines is 1. The monoisotopic (exact) mass is 205 g/mol. The summed E-state index contributed by atoms with van der Waals surface area (Å²) in [6.45, 7) is 8.97. The summed E-state index contributed by atoms with van der Waals surface area (Å²) in [4.78, 5) is 0. The zero-order chi connectivity index (χ0) is 11.3. The number of hydrogen-bond donors (Lipinski definition) is 1. The Kier molecular flexibility index (Phi) is 4.67. The zero-order valence-corrected chi connectivity index (χ0v) is 10.4. The average Bonchev–Trinajstić information content (AvgIpc) is 2.29. The first-order valence-corrected chi connectivity index (χ1v) is 6.02. The summed E-state index contributed by atoms with van der Waals surface area (Å²) >= 11 is 0. The highest BCUT2D eigenvalue weighted by molar-refractivity contribution is 5.45. The fourth-order valence-electron chi connectivity index (χ4n) is 1.60. The molecule has 0 fully saturated rings. The highest BCUT2D eigenvalue weighted by Crippen LogP contribution is 2.15. The van der Waals surface area contributed by atoms with Crippen molar-refractivity contribution in [2.75, 3.05) is 5.32 Å². The van der Waals surface area contributed by atoms with Crippen molar-refractivity contribution >= 4 is 5.69 Å². The Hall–Kier alpha value is -0.980. The minimum Gasteiger partial charge on any atom is -0.382 e. The van der Waals surface area contributed by atoms with Crippen LogP contribution in [-0.4, -0.2) is 6.04 Å². The van der Waals surface area contributed by atoms with Crippen LogP contribution < -0.4 is 5.32 Å². The van der Waals surface area contributed by atoms with Crippen LogP contribution in [0.25, 0.3) is 0 Å². The summed E-state index contributed by atoms with van der Waals surface area (Å²) in [7, 11) is 0. The molecule has 0 aliphatic carbocycles. The Bertz CT molecular complexity index is 276. The van der Waals surface area contributed by atoms with Crippen molar-refractivity contribution in [2.24, 2.45) is 5.92 Å². The molecular formula is C14H23N. The third kappa shape index (κ3) is 3.58. The molecule has 0 radical (unpaired) electrons. The highest BCUT2D eigenvalue weighted by Gasteiger charge is 2.09. The second-order valence-corrected chi connectivity index (χ2v) is 4.37. The lowest BCUT2D eigenvalue weighted by Crippen LogP contribution is -2.23. The van der Waals surface area contributed by atoms with Gasteiger partial charge in [-0.1, -0.05) is 39.3 Å². The summed E-state index contributed by atoms with van der Waals surface area (Å²) in [5.74, 6) is 0.718. The molecule has 1 rings (SSSR count). The van der Waals surface area contributed by atoms with Crippen LogP contribution in [0.1, 0.15) is 39.7 Å². The molecule has 0 saturated heterocycles. The first-order valence-electron chi connectivity index (χ1n) is 6.02. The molecular weight excluding hydrogens is 182 g/mol. The summed E-state index contributed by atoms with van der Waals surface area (Å²) in [5, 5.41) is 3.54. The molecule has 2 unspecified atom stereocenters. The van der Waals surface area contributed by atoms with E-state index >= 15 is 0 Å². The Morgan fingerprint density at radius 2 is 1.67 bits per heavy atom. The summed E-state index contributed by atoms with van der Waals surface area (Å²) in [6, 6.07) is 9.30. The van der Waals surface area contributed by atoms with Crippen LogP contribution in [0.15, 0.2) is 24.3 Å². The first-order chi connectivity index (χ1) is 7.17. The SMILES string of the molecule is CCc1ccc(NC(C)C(C)CC)cc1. The second-order valence-electron chi connectivity index (χ2n) is 4.37. The topological polar surface area (TPSA) is 12.0 Å². The van der Waals surface area contributed by atoms with E-state index in [1.165, 1.54) is 17.7 Å². The largest absolute Gasteiger partial charge is 0.382 e. The van der Waals surface area contributed by atoms with E-state index in [2.05, 4.69) is 57.3 Å². The fourth-order valence-corrected chi connectivity index (χ4v) is 1.60. The van der Waals surface area contributed by atoms with Gasteiger partial charge in [-0.15, -0.1) is 0 Å². The van der Waals surface area contributed by atoms with Crippen molar-refractivity contribution in [1.29, 1.82) is 0 Å². The van der Waals surface area contributed by atoms with E-state index in [0.29, 0.717) is 6.04 Å². The van der Waals surface area contributed by atoms with Gasteiger partial charge >= 0.3 is 0 Å². The lowest BCUT2D eigenvalue weighted by Gasteiger charge is -2.21. The van der Waals surface area contributed by atoms with Gasteiger partial charge in [0.2, 0.25) is 0 Å². The van der Waals surface area contributed by atoms with Crippen molar-refractivity contribution in [3.63, 3.8) is 0 Å². The molecule has 0 spiro atoms. The van der Waals surface area contributed by atoms with Crippen molar-refractivity contribution in [2.45, 2.75) is 46.6 Å². The lowest BCUT2D eigenvalue weighted by atomic mass is 10.0. The van der Waals surface area contributed by atoms with Gasteiger partial charge in [-0.2, -0.15) is 0 Å². The fraction of sp³-hybridized carbons (Fsp3) is 0.571. The Morgan fingerprint density at radius 3 is 2.13 bits per heavy atom. The maximum atomic E-state index is 3.54. The Morgan fingerprint density at radius 1 is 1.07 bits per heavy atom. The smallest absolute Gasteiger partial charge is 0.0342 e. The van der Waals surface area contributed by atoms with Crippen LogP contribution >= 0.6 is 0 Å². The van der Waals surface area contributed by atoms with E-state index in [0.717, 1.165) is 12.3 Å². The predicted octanol–water partition coefficient (Wildman–Crippen LogP) is 4.10. The molecule has 1 nitrogen and oxygen atoms in total. The molecule has 84 valence electrons. The van der Waals surface area contributed by atoms with E-state index < -0.39 is 0 Å². The standard InChI is InChI=1S/C14H23N/c1-5-11(3)12(4)15-14-9-7-13(6-2)8-10-14/h7-12,15H,5-6H2,1-4H3. The zero-order valence-electron chi connectivity index (χ0n) is 10.4. The van der Waals surface area contributed by atoms with E-state index in [1.54, 1.807) is 0 Å². The molecule has 0 bridgehead atoms. The van der Waals surface area contributed by atoms with Crippen LogP contribution in [0.5, 0.6) is 0 Å². The van der Waals surface area contributed by atoms with Gasteiger partial charge in [0, 0.05) is 11.7 Å². The summed E-state index contributed by atoms with van der Waals surface area (Å²) in [5.41, 5.74) is 2.64. The average molecular weight is 205 g/mol. The van der Waals surface area contributed by atoms with E-state index in [1.807, 2.05) is 0 Å². The van der Waals surface area contributed by atoms with Crippen LogP contribution in [0.4, 0.5) is 5.69 Å². The van der Waals surface area contributed by atoms with Gasteiger partial charge in [-0.05, 0) is 37.0 Å². The van der Waals surface area contributed by atoms with Gasteiger partial charge in [0.25, 0.3) is 0 Å². The van der Waals surface area contributed by atoms with Gasteiger partial charge in [-0.25, -0.2) is 0 Å². The van der Waals surface area contributed by atoms with Crippen LogP contribution in [0.3, 0.4) is 0 Å². The molecule has 0 amide bonds. The molecule has 1 aromatic carbocycles. The highest BCUT2D eigenvalue weighted by atomic mass is 14.9. The van der Waals surface area contributed by atoms with Gasteiger partial charge in [0.1, 0.15) is 0 Å². The third-order valence-corrected chi connectivity index (χ3v) is 3.25. The predicted molar refractivity (Wildman–Crippen MR) is 68.4 cm³/mol. The number of benzene rings is 1. The first kappa shape index (κ1) is 12.1. The van der Waals surface area contributed by atoms with Gasteiger partial charge in [0.15, 0.2) is 0 Å². The normalized spacial score (nSPS) is 14.7. The molecule has 0 saturated carbocycles. The number of rotatable bonds is 5. The number of nitrogens with one attached hydrogen (secondary N) is 1. The number of hydrogen-bond acceptors (Lipinski definition) is 1. The molecule has 1 heteroatoms. The van der Waals surface area contributed by atoms with Crippen molar-refractivity contribution in [1.82, 2.24) is 0 Å². The molecule has 1 N–H and O–H groups in total. The molecule has 0 aliphatic rings. The van der Waals surface area contributed by atoms with Crippen LogP contribution in [0, 0.1) is 5.92 Å². The van der Waals surface area contributed by atoms with Crippen molar-refractivity contribution in [3.8, 4) is 0 Å². The minimum atomic E-state index is 0.544. The van der Waals surface area contributed by atoms with Gasteiger partial charge < -0.3 is 5.32 Å². The molecule has 0 aliphatic heterocycles. The van der Waals surface area contributed by atoms with E-state index in [-0.39, 0.29) is 0 Å². The maximum Gasteiger partial charge on any atom is 0.0342 e. The van der Waals surface area contributed by atoms with Crippen molar-refractivity contribution < 1.29 is 0 Å². The summed E-state index contributed by atoms with van der Waals surface area (Å²) in [6.07, 6.45) is 2.34. The van der Waals surface area contributed by atoms with Gasteiger partial charge in [-0.3, -0.25) is 0 Å². The molecule has 15 heavy (non-hydrogen) atoms. The van der Waals surface area contributed by atoms with E-state index in [4.69, 9.17) is 0 Å². The summed E-state index contributed by atoms with van der Waals surface area (Å²) < 4.78 is 0. The van der Waals surface area contributed by atoms with Crippen LogP contribution in [0.2, 0.25) is 0 Å². The number of aryl methyl sites for hydroxylation is 1. The lowest BCUT2D eigenvalue weighted by molar-refractivity contribution is 0.494. The molecule has 2 atom stereocenters. The molecule has 0 heterocycles. The minimum absolute atomic E-state index is 0.544.